The second-order valence-electron chi connectivity index (χ2n) is 8.94. The predicted octanol–water partition coefficient (Wildman–Crippen LogP) is 3.90. The molecule has 31 heavy (non-hydrogen) atoms. The van der Waals surface area contributed by atoms with Gasteiger partial charge in [0.2, 0.25) is 0 Å². The van der Waals surface area contributed by atoms with E-state index in [9.17, 15) is 4.79 Å². The number of hydrogen-bond acceptors (Lipinski definition) is 4. The monoisotopic (exact) mass is 418 g/mol. The molecule has 2 aliphatic heterocycles. The number of para-hydroxylation sites is 1. The minimum absolute atomic E-state index is 0.0848. The maximum absolute atomic E-state index is 13.2. The molecule has 2 aliphatic rings. The van der Waals surface area contributed by atoms with Crippen LogP contribution in [0.5, 0.6) is 5.75 Å². The number of aryl methyl sites for hydroxylation is 1. The van der Waals surface area contributed by atoms with Gasteiger partial charge < -0.3 is 15.0 Å². The average Bonchev–Trinajstić information content (AvgIpc) is 3.11. The number of hydrogen-bond donors (Lipinski definition) is 1. The average molecular weight is 419 g/mol. The van der Waals surface area contributed by atoms with Gasteiger partial charge in [-0.3, -0.25) is 9.48 Å². The number of fused-ring (bicyclic) bond motifs is 3. The molecule has 5 rings (SSSR count). The van der Waals surface area contributed by atoms with Gasteiger partial charge >= 0.3 is 0 Å². The Balaban J connectivity index is 1.35. The van der Waals surface area contributed by atoms with Gasteiger partial charge in [-0.25, -0.2) is 0 Å². The number of benzene rings is 2. The molecule has 1 N–H and O–H groups in total. The van der Waals surface area contributed by atoms with Crippen molar-refractivity contribution in [2.75, 3.05) is 7.05 Å². The molecule has 6 heteroatoms. The summed E-state index contributed by atoms with van der Waals surface area (Å²) in [6.07, 6.45) is 5.81. The molecule has 1 unspecified atom stereocenters. The first kappa shape index (κ1) is 20.1. The van der Waals surface area contributed by atoms with E-state index in [1.165, 1.54) is 19.3 Å². The number of nitrogens with zero attached hydrogens (tertiary/aromatic N) is 3. The maximum Gasteiger partial charge on any atom is 0.272 e. The van der Waals surface area contributed by atoms with Crippen LogP contribution in [0.2, 0.25) is 0 Å². The highest BCUT2D eigenvalue weighted by Gasteiger charge is 2.36. The van der Waals surface area contributed by atoms with Gasteiger partial charge in [-0.15, -0.1) is 0 Å². The van der Waals surface area contributed by atoms with Crippen LogP contribution in [0.25, 0.3) is 10.9 Å². The summed E-state index contributed by atoms with van der Waals surface area (Å²) in [6, 6.07) is 17.3. The fourth-order valence-corrected chi connectivity index (χ4v) is 5.31. The Morgan fingerprint density at radius 1 is 1.06 bits per heavy atom. The minimum atomic E-state index is -0.0848. The number of carbonyl (C=O) groups is 1. The number of ether oxygens (including phenoxy) is 1. The molecular formula is C25H30N4O2. The molecule has 2 fully saturated rings. The second kappa shape index (κ2) is 8.35. The molecule has 2 saturated heterocycles. The lowest BCUT2D eigenvalue weighted by Gasteiger charge is -2.47. The molecule has 162 valence electrons. The molecule has 1 amide bonds. The van der Waals surface area contributed by atoms with Crippen LogP contribution in [0.3, 0.4) is 0 Å². The summed E-state index contributed by atoms with van der Waals surface area (Å²) in [5.41, 5.74) is 2.43. The summed E-state index contributed by atoms with van der Waals surface area (Å²) < 4.78 is 7.85. The number of aromatic nitrogens is 2. The molecule has 0 saturated carbocycles. The van der Waals surface area contributed by atoms with Gasteiger partial charge in [0.1, 0.15) is 17.9 Å². The van der Waals surface area contributed by atoms with Gasteiger partial charge in [-0.1, -0.05) is 48.9 Å². The van der Waals surface area contributed by atoms with Crippen molar-refractivity contribution in [2.24, 2.45) is 7.05 Å². The summed E-state index contributed by atoms with van der Waals surface area (Å²) in [5.74, 6) is 0.655. The lowest BCUT2D eigenvalue weighted by Crippen LogP contribution is -2.55. The second-order valence-corrected chi connectivity index (χ2v) is 8.94. The van der Waals surface area contributed by atoms with E-state index >= 15 is 0 Å². The summed E-state index contributed by atoms with van der Waals surface area (Å²) in [4.78, 5) is 15.7. The van der Waals surface area contributed by atoms with E-state index in [2.05, 4.69) is 22.4 Å². The summed E-state index contributed by atoms with van der Waals surface area (Å²) in [6.45, 7) is 0.477. The van der Waals surface area contributed by atoms with Gasteiger partial charge in [0, 0.05) is 30.6 Å². The first-order chi connectivity index (χ1) is 15.1. The molecular weight excluding hydrogens is 388 g/mol. The lowest BCUT2D eigenvalue weighted by atomic mass is 9.82. The van der Waals surface area contributed by atoms with Crippen molar-refractivity contribution in [1.29, 1.82) is 0 Å². The smallest absolute Gasteiger partial charge is 0.272 e. The van der Waals surface area contributed by atoms with Crippen LogP contribution in [-0.2, 0) is 13.7 Å². The van der Waals surface area contributed by atoms with Crippen LogP contribution < -0.4 is 10.1 Å². The highest BCUT2D eigenvalue weighted by molar-refractivity contribution is 6.06. The van der Waals surface area contributed by atoms with Gasteiger partial charge in [0.25, 0.3) is 5.91 Å². The van der Waals surface area contributed by atoms with Crippen molar-refractivity contribution in [3.05, 3.63) is 59.8 Å². The van der Waals surface area contributed by atoms with Crippen LogP contribution >= 0.6 is 0 Å². The van der Waals surface area contributed by atoms with Crippen molar-refractivity contribution in [3.63, 3.8) is 0 Å². The Morgan fingerprint density at radius 3 is 2.55 bits per heavy atom. The van der Waals surface area contributed by atoms with E-state index in [0.29, 0.717) is 24.4 Å². The maximum atomic E-state index is 13.2. The third kappa shape index (κ3) is 3.92. The normalized spacial score (nSPS) is 23.6. The van der Waals surface area contributed by atoms with E-state index < -0.39 is 0 Å². The highest BCUT2D eigenvalue weighted by Crippen LogP contribution is 2.33. The lowest BCUT2D eigenvalue weighted by molar-refractivity contribution is 0.0462. The largest absolute Gasteiger partial charge is 0.487 e. The van der Waals surface area contributed by atoms with E-state index in [1.54, 1.807) is 4.68 Å². The van der Waals surface area contributed by atoms with Crippen molar-refractivity contribution in [2.45, 2.75) is 56.8 Å². The predicted molar refractivity (Wildman–Crippen MR) is 121 cm³/mol. The van der Waals surface area contributed by atoms with Crippen molar-refractivity contribution < 1.29 is 9.53 Å². The zero-order valence-corrected chi connectivity index (χ0v) is 18.3. The molecule has 0 aliphatic carbocycles. The summed E-state index contributed by atoms with van der Waals surface area (Å²) in [5, 5.41) is 8.69. The van der Waals surface area contributed by atoms with Crippen LogP contribution in [0, 0.1) is 0 Å². The van der Waals surface area contributed by atoms with Crippen LogP contribution in [0.4, 0.5) is 0 Å². The zero-order valence-electron chi connectivity index (χ0n) is 18.3. The number of rotatable bonds is 5. The van der Waals surface area contributed by atoms with Crippen molar-refractivity contribution in [1.82, 2.24) is 20.0 Å². The standard InChI is InChI=1S/C25H30N4O2/c1-28-19-10-6-11-20(28)15-18(14-19)26-25(30)23-21-12-7-13-22(24(21)29(2)27-23)31-16-17-8-4-3-5-9-17/h3-5,7-9,12-13,18-20H,6,10-11,14-16H2,1-2H3,(H,26,30)/t18?,19-,20+. The molecule has 3 atom stereocenters. The SMILES string of the molecule is CN1[C@@H]2CCC[C@H]1CC(NC(=O)c1nn(C)c3c(OCc4ccccc4)cccc13)C2. The Morgan fingerprint density at radius 2 is 1.81 bits per heavy atom. The van der Waals surface area contributed by atoms with E-state index in [4.69, 9.17) is 4.74 Å². The summed E-state index contributed by atoms with van der Waals surface area (Å²) in [7, 11) is 4.10. The fourth-order valence-electron chi connectivity index (χ4n) is 5.31. The Labute approximate surface area is 183 Å². The molecule has 0 spiro atoms. The molecule has 3 heterocycles. The van der Waals surface area contributed by atoms with E-state index in [0.717, 1.165) is 35.1 Å². The zero-order chi connectivity index (χ0) is 21.4. The fraction of sp³-hybridized carbons (Fsp3) is 0.440. The van der Waals surface area contributed by atoms with Gasteiger partial charge in [-0.05, 0) is 44.4 Å². The van der Waals surface area contributed by atoms with Gasteiger partial charge in [0.05, 0.1) is 0 Å². The molecule has 3 aromatic rings. The molecule has 0 radical (unpaired) electrons. The molecule has 2 aromatic carbocycles. The van der Waals surface area contributed by atoms with Crippen LogP contribution in [-0.4, -0.2) is 45.8 Å². The van der Waals surface area contributed by atoms with Crippen LogP contribution in [0.15, 0.2) is 48.5 Å². The third-order valence-corrected chi connectivity index (χ3v) is 6.96. The topological polar surface area (TPSA) is 59.4 Å². The first-order valence-electron chi connectivity index (χ1n) is 11.3. The van der Waals surface area contributed by atoms with Gasteiger partial charge in [0.15, 0.2) is 5.69 Å². The highest BCUT2D eigenvalue weighted by atomic mass is 16.5. The van der Waals surface area contributed by atoms with Crippen LogP contribution in [0.1, 0.15) is 48.2 Å². The van der Waals surface area contributed by atoms with E-state index in [-0.39, 0.29) is 11.9 Å². The Hall–Kier alpha value is -2.86. The van der Waals surface area contributed by atoms with Gasteiger partial charge in [-0.2, -0.15) is 5.10 Å². The number of piperidine rings is 2. The minimum Gasteiger partial charge on any atom is -0.487 e. The number of carbonyl (C=O) groups excluding carboxylic acids is 1. The van der Waals surface area contributed by atoms with Crippen molar-refractivity contribution in [3.8, 4) is 5.75 Å². The van der Waals surface area contributed by atoms with Crippen molar-refractivity contribution >= 4 is 16.8 Å². The summed E-state index contributed by atoms with van der Waals surface area (Å²) >= 11 is 0. The Bertz CT molecular complexity index is 1060. The first-order valence-corrected chi connectivity index (χ1v) is 11.3. The quantitative estimate of drug-likeness (QED) is 0.683. The Kier molecular flexibility index (Phi) is 5.40. The number of nitrogens with one attached hydrogen (secondary N) is 1. The molecule has 6 nitrogen and oxygen atoms in total. The third-order valence-electron chi connectivity index (χ3n) is 6.96. The number of amides is 1. The molecule has 2 bridgehead atoms. The molecule has 1 aromatic heterocycles. The van der Waals surface area contributed by atoms with E-state index in [1.807, 2.05) is 55.6 Å².